The summed E-state index contributed by atoms with van der Waals surface area (Å²) in [4.78, 5) is 35.5. The zero-order valence-corrected chi connectivity index (χ0v) is 14.2. The van der Waals surface area contributed by atoms with Gasteiger partial charge >= 0.3 is 11.6 Å². The van der Waals surface area contributed by atoms with E-state index in [0.29, 0.717) is 22.3 Å². The molecular weight excluding hydrogens is 330 g/mol. The molecule has 1 aromatic carbocycles. The molecule has 0 fully saturated rings. The molecule has 0 unspecified atom stereocenters. The van der Waals surface area contributed by atoms with E-state index in [1.165, 1.54) is 27.4 Å². The smallest absolute Gasteiger partial charge is 0.336 e. The number of hydrogen-bond acceptors (Lipinski definition) is 7. The van der Waals surface area contributed by atoms with Gasteiger partial charge in [-0.2, -0.15) is 0 Å². The van der Waals surface area contributed by atoms with Crippen molar-refractivity contribution in [1.29, 1.82) is 0 Å². The molecule has 0 bridgehead atoms. The van der Waals surface area contributed by atoms with E-state index in [9.17, 15) is 14.4 Å². The fraction of sp³-hybridized carbons (Fsp3) is 0.353. The summed E-state index contributed by atoms with van der Waals surface area (Å²) in [5, 5.41) is 3.16. The molecule has 1 atom stereocenters. The van der Waals surface area contributed by atoms with Gasteiger partial charge in [-0.3, -0.25) is 4.79 Å². The Morgan fingerprint density at radius 3 is 2.60 bits per heavy atom. The fourth-order valence-corrected chi connectivity index (χ4v) is 2.43. The lowest BCUT2D eigenvalue weighted by molar-refractivity contribution is -0.145. The third-order valence-electron chi connectivity index (χ3n) is 3.56. The first-order valence-corrected chi connectivity index (χ1v) is 7.45. The summed E-state index contributed by atoms with van der Waals surface area (Å²) < 4.78 is 19.8. The molecule has 0 spiro atoms. The molecule has 1 heterocycles. The van der Waals surface area contributed by atoms with Crippen LogP contribution in [0, 0.1) is 0 Å². The summed E-state index contributed by atoms with van der Waals surface area (Å²) in [5.74, 6) is -0.558. The molecule has 1 amide bonds. The Morgan fingerprint density at radius 1 is 1.20 bits per heavy atom. The number of carbonyl (C=O) groups is 2. The van der Waals surface area contributed by atoms with Gasteiger partial charge in [0.15, 0.2) is 0 Å². The molecule has 1 aromatic heterocycles. The number of ether oxygens (including phenoxy) is 3. The predicted molar refractivity (Wildman–Crippen MR) is 88.6 cm³/mol. The van der Waals surface area contributed by atoms with Crippen LogP contribution in [0.3, 0.4) is 0 Å². The van der Waals surface area contributed by atoms with Crippen molar-refractivity contribution >= 4 is 22.8 Å². The second-order valence-corrected chi connectivity index (χ2v) is 5.23. The minimum Gasteiger partial charge on any atom is -0.497 e. The molecule has 0 radical (unpaired) electrons. The highest BCUT2D eigenvalue weighted by atomic mass is 16.5. The maximum atomic E-state index is 12.0. The summed E-state index contributed by atoms with van der Waals surface area (Å²) in [7, 11) is 4.10. The van der Waals surface area contributed by atoms with Crippen LogP contribution >= 0.6 is 0 Å². The number of fused-ring (bicyclic) bond motifs is 1. The standard InChI is InChI=1S/C17H19NO7/c1-22-9-15(19)18-13(17(21)24-3)6-10-7-16(20)25-14-8-11(23-2)4-5-12(10)14/h4-5,7-8,13H,6,9H2,1-3H3,(H,18,19)/t13-/m0/s1. The van der Waals surface area contributed by atoms with E-state index in [2.05, 4.69) is 5.32 Å². The van der Waals surface area contributed by atoms with Gasteiger partial charge in [0.1, 0.15) is 24.0 Å². The van der Waals surface area contributed by atoms with E-state index in [0.717, 1.165) is 0 Å². The van der Waals surface area contributed by atoms with Crippen LogP contribution in [0.1, 0.15) is 5.56 Å². The van der Waals surface area contributed by atoms with Crippen LogP contribution in [0.25, 0.3) is 11.0 Å². The third-order valence-corrected chi connectivity index (χ3v) is 3.56. The molecule has 0 aliphatic rings. The summed E-state index contributed by atoms with van der Waals surface area (Å²) in [6.07, 6.45) is 0.0660. The topological polar surface area (TPSA) is 104 Å². The van der Waals surface area contributed by atoms with Crippen LogP contribution in [-0.4, -0.2) is 45.9 Å². The average Bonchev–Trinajstić information content (AvgIpc) is 2.59. The summed E-state index contributed by atoms with van der Waals surface area (Å²) in [6.45, 7) is -0.192. The molecule has 0 saturated heterocycles. The van der Waals surface area contributed by atoms with Crippen molar-refractivity contribution in [1.82, 2.24) is 5.32 Å². The molecule has 134 valence electrons. The zero-order chi connectivity index (χ0) is 18.4. The van der Waals surface area contributed by atoms with Gasteiger partial charge in [0.05, 0.1) is 14.2 Å². The Labute approximate surface area is 143 Å². The molecular formula is C17H19NO7. The van der Waals surface area contributed by atoms with E-state index >= 15 is 0 Å². The number of amides is 1. The van der Waals surface area contributed by atoms with Crippen LogP contribution in [0.5, 0.6) is 5.75 Å². The highest BCUT2D eigenvalue weighted by Crippen LogP contribution is 2.23. The number of benzene rings is 1. The van der Waals surface area contributed by atoms with Crippen molar-refractivity contribution in [3.63, 3.8) is 0 Å². The summed E-state index contributed by atoms with van der Waals surface area (Å²) in [5.41, 5.74) is 0.304. The minimum atomic E-state index is -0.959. The molecule has 8 heteroatoms. The summed E-state index contributed by atoms with van der Waals surface area (Å²) >= 11 is 0. The van der Waals surface area contributed by atoms with Gasteiger partial charge in [-0.25, -0.2) is 9.59 Å². The summed E-state index contributed by atoms with van der Waals surface area (Å²) in [6, 6.07) is 5.34. The maximum absolute atomic E-state index is 12.0. The highest BCUT2D eigenvalue weighted by Gasteiger charge is 2.23. The zero-order valence-electron chi connectivity index (χ0n) is 14.2. The van der Waals surface area contributed by atoms with Crippen LogP contribution in [0.2, 0.25) is 0 Å². The number of nitrogens with one attached hydrogen (secondary N) is 1. The van der Waals surface area contributed by atoms with Crippen LogP contribution in [-0.2, 0) is 25.5 Å². The van der Waals surface area contributed by atoms with Crippen molar-refractivity contribution in [3.8, 4) is 5.75 Å². The van der Waals surface area contributed by atoms with Gasteiger partial charge in [0.2, 0.25) is 5.91 Å². The number of methoxy groups -OCH3 is 3. The number of esters is 1. The Kier molecular flexibility index (Phi) is 6.13. The van der Waals surface area contributed by atoms with E-state index in [1.807, 2.05) is 0 Å². The Hall–Kier alpha value is -2.87. The second-order valence-electron chi connectivity index (χ2n) is 5.23. The molecule has 2 aromatic rings. The molecule has 0 aliphatic carbocycles. The van der Waals surface area contributed by atoms with Gasteiger partial charge in [-0.05, 0) is 17.7 Å². The van der Waals surface area contributed by atoms with Crippen molar-refractivity contribution in [2.75, 3.05) is 27.9 Å². The monoisotopic (exact) mass is 349 g/mol. The van der Waals surface area contributed by atoms with Crippen molar-refractivity contribution in [3.05, 3.63) is 40.2 Å². The van der Waals surface area contributed by atoms with Crippen LogP contribution < -0.4 is 15.7 Å². The van der Waals surface area contributed by atoms with Gasteiger partial charge in [0, 0.05) is 31.0 Å². The van der Waals surface area contributed by atoms with Crippen LogP contribution in [0.15, 0.2) is 33.5 Å². The maximum Gasteiger partial charge on any atom is 0.336 e. The molecule has 1 N–H and O–H groups in total. The first-order chi connectivity index (χ1) is 12.0. The minimum absolute atomic E-state index is 0.0660. The molecule has 8 nitrogen and oxygen atoms in total. The lowest BCUT2D eigenvalue weighted by Gasteiger charge is -2.17. The molecule has 2 rings (SSSR count). The normalized spacial score (nSPS) is 11.8. The molecule has 25 heavy (non-hydrogen) atoms. The van der Waals surface area contributed by atoms with E-state index < -0.39 is 23.5 Å². The Bertz CT molecular complexity index is 827. The lowest BCUT2D eigenvalue weighted by atomic mass is 10.0. The van der Waals surface area contributed by atoms with Crippen molar-refractivity contribution in [2.24, 2.45) is 0 Å². The van der Waals surface area contributed by atoms with E-state index in [1.54, 1.807) is 18.2 Å². The van der Waals surface area contributed by atoms with Gasteiger partial charge in [-0.1, -0.05) is 0 Å². The number of rotatable bonds is 7. The molecule has 0 aliphatic heterocycles. The quantitative estimate of drug-likeness (QED) is 0.578. The molecule has 0 saturated carbocycles. The largest absolute Gasteiger partial charge is 0.497 e. The first-order valence-electron chi connectivity index (χ1n) is 7.45. The van der Waals surface area contributed by atoms with Crippen molar-refractivity contribution in [2.45, 2.75) is 12.5 Å². The second kappa shape index (κ2) is 8.29. The lowest BCUT2D eigenvalue weighted by Crippen LogP contribution is -2.44. The van der Waals surface area contributed by atoms with Gasteiger partial charge in [-0.15, -0.1) is 0 Å². The van der Waals surface area contributed by atoms with E-state index in [4.69, 9.17) is 18.6 Å². The Balaban J connectivity index is 2.39. The average molecular weight is 349 g/mol. The van der Waals surface area contributed by atoms with Gasteiger partial charge < -0.3 is 23.9 Å². The Morgan fingerprint density at radius 2 is 1.96 bits per heavy atom. The SMILES string of the molecule is COCC(=O)N[C@@H](Cc1cc(=O)oc2cc(OC)ccc12)C(=O)OC. The van der Waals surface area contributed by atoms with Crippen molar-refractivity contribution < 1.29 is 28.2 Å². The number of carbonyl (C=O) groups excluding carboxylic acids is 2. The third kappa shape index (κ3) is 4.57. The fourth-order valence-electron chi connectivity index (χ4n) is 2.43. The van der Waals surface area contributed by atoms with E-state index in [-0.39, 0.29) is 13.0 Å². The highest BCUT2D eigenvalue weighted by molar-refractivity contribution is 5.87. The first kappa shape index (κ1) is 18.5. The number of hydrogen-bond donors (Lipinski definition) is 1. The van der Waals surface area contributed by atoms with Crippen LogP contribution in [0.4, 0.5) is 0 Å². The predicted octanol–water partition coefficient (Wildman–Crippen LogP) is 0.648. The van der Waals surface area contributed by atoms with Gasteiger partial charge in [0.25, 0.3) is 0 Å².